The molecule has 1 aromatic carbocycles. The van der Waals surface area contributed by atoms with E-state index in [2.05, 4.69) is 41.2 Å². The molecule has 4 N–H and O–H groups in total. The Morgan fingerprint density at radius 2 is 1.96 bits per heavy atom. The third-order valence-electron chi connectivity index (χ3n) is 4.60. The SMILES string of the molecule is C=C=C.COc1cc(N/C(C)=C(/C)N)ccc1C1CCN(CCO)CC1. The van der Waals surface area contributed by atoms with E-state index in [1.807, 2.05) is 19.9 Å². The number of β-amino-alcohol motifs (C(OH)–C–C–N with tert-alkyl or cyclic N) is 1. The van der Waals surface area contributed by atoms with Crippen LogP contribution in [0.2, 0.25) is 0 Å². The normalized spacial score (nSPS) is 16.0. The number of hydrogen-bond donors (Lipinski definition) is 3. The lowest BCUT2D eigenvalue weighted by molar-refractivity contribution is 0.163. The lowest BCUT2D eigenvalue weighted by Crippen LogP contribution is -2.35. The summed E-state index contributed by atoms with van der Waals surface area (Å²) < 4.78 is 5.61. The number of anilines is 1. The van der Waals surface area contributed by atoms with Gasteiger partial charge in [0.2, 0.25) is 0 Å². The van der Waals surface area contributed by atoms with E-state index in [9.17, 15) is 0 Å². The van der Waals surface area contributed by atoms with Crippen molar-refractivity contribution in [1.82, 2.24) is 4.90 Å². The summed E-state index contributed by atoms with van der Waals surface area (Å²) in [4.78, 5) is 2.32. The Labute approximate surface area is 157 Å². The number of rotatable bonds is 6. The van der Waals surface area contributed by atoms with Gasteiger partial charge in [-0.05, 0) is 57.3 Å². The van der Waals surface area contributed by atoms with Crippen molar-refractivity contribution >= 4 is 5.69 Å². The highest BCUT2D eigenvalue weighted by atomic mass is 16.5. The van der Waals surface area contributed by atoms with Crippen LogP contribution < -0.4 is 15.8 Å². The fourth-order valence-corrected chi connectivity index (χ4v) is 3.05. The molecule has 5 nitrogen and oxygen atoms in total. The number of piperidine rings is 1. The van der Waals surface area contributed by atoms with Gasteiger partial charge in [0.05, 0.1) is 13.7 Å². The summed E-state index contributed by atoms with van der Waals surface area (Å²) in [6, 6.07) is 6.29. The van der Waals surface area contributed by atoms with E-state index in [0.717, 1.165) is 55.3 Å². The smallest absolute Gasteiger partial charge is 0.124 e. The van der Waals surface area contributed by atoms with E-state index in [1.54, 1.807) is 7.11 Å². The van der Waals surface area contributed by atoms with Gasteiger partial charge < -0.3 is 25.8 Å². The molecule has 2 rings (SSSR count). The molecule has 26 heavy (non-hydrogen) atoms. The maximum atomic E-state index is 9.04. The van der Waals surface area contributed by atoms with Crippen LogP contribution in [0.3, 0.4) is 0 Å². The molecule has 1 fully saturated rings. The van der Waals surface area contributed by atoms with Crippen LogP contribution in [-0.4, -0.2) is 43.4 Å². The van der Waals surface area contributed by atoms with Crippen molar-refractivity contribution < 1.29 is 9.84 Å². The predicted molar refractivity (Wildman–Crippen MR) is 109 cm³/mol. The van der Waals surface area contributed by atoms with Crippen LogP contribution in [0.15, 0.2) is 48.5 Å². The van der Waals surface area contributed by atoms with Crippen molar-refractivity contribution in [1.29, 1.82) is 0 Å². The number of benzene rings is 1. The van der Waals surface area contributed by atoms with Gasteiger partial charge in [0.15, 0.2) is 0 Å². The van der Waals surface area contributed by atoms with Crippen molar-refractivity contribution in [2.24, 2.45) is 5.73 Å². The Kier molecular flexibility index (Phi) is 9.60. The molecule has 0 aromatic heterocycles. The first-order chi connectivity index (χ1) is 12.5. The molecule has 0 saturated carbocycles. The molecule has 144 valence electrons. The average Bonchev–Trinajstić information content (AvgIpc) is 2.63. The van der Waals surface area contributed by atoms with Crippen molar-refractivity contribution in [3.05, 3.63) is 54.0 Å². The van der Waals surface area contributed by atoms with Crippen LogP contribution in [0.25, 0.3) is 0 Å². The highest BCUT2D eigenvalue weighted by Gasteiger charge is 2.22. The van der Waals surface area contributed by atoms with Crippen LogP contribution in [0.5, 0.6) is 5.75 Å². The molecule has 0 atom stereocenters. The third-order valence-corrected chi connectivity index (χ3v) is 4.60. The monoisotopic (exact) mass is 359 g/mol. The molecule has 1 aliphatic heterocycles. The molecule has 1 heterocycles. The average molecular weight is 360 g/mol. The van der Waals surface area contributed by atoms with Crippen molar-refractivity contribution in [2.45, 2.75) is 32.6 Å². The maximum Gasteiger partial charge on any atom is 0.124 e. The van der Waals surface area contributed by atoms with Gasteiger partial charge in [0, 0.05) is 29.7 Å². The second-order valence-electron chi connectivity index (χ2n) is 6.48. The van der Waals surface area contributed by atoms with E-state index in [0.29, 0.717) is 5.92 Å². The molecule has 0 radical (unpaired) electrons. The van der Waals surface area contributed by atoms with Crippen molar-refractivity contribution in [3.63, 3.8) is 0 Å². The highest BCUT2D eigenvalue weighted by molar-refractivity contribution is 5.55. The molecule has 5 heteroatoms. The molecule has 1 saturated heterocycles. The molecule has 1 aromatic rings. The minimum absolute atomic E-state index is 0.238. The Hall–Kier alpha value is -2.20. The van der Waals surface area contributed by atoms with Gasteiger partial charge in [-0.1, -0.05) is 19.2 Å². The van der Waals surface area contributed by atoms with Crippen LogP contribution >= 0.6 is 0 Å². The number of likely N-dealkylation sites (tertiary alicyclic amines) is 1. The summed E-state index contributed by atoms with van der Waals surface area (Å²) >= 11 is 0. The summed E-state index contributed by atoms with van der Waals surface area (Å²) in [7, 11) is 1.72. The van der Waals surface area contributed by atoms with Gasteiger partial charge >= 0.3 is 0 Å². The predicted octanol–water partition coefficient (Wildman–Crippen LogP) is 3.45. The number of nitrogens with two attached hydrogens (primary N) is 1. The second kappa shape index (κ2) is 11.4. The fourth-order valence-electron chi connectivity index (χ4n) is 3.05. The number of nitrogens with one attached hydrogen (secondary N) is 1. The second-order valence-corrected chi connectivity index (χ2v) is 6.48. The first-order valence-corrected chi connectivity index (χ1v) is 8.97. The van der Waals surface area contributed by atoms with E-state index in [1.165, 1.54) is 5.56 Å². The number of methoxy groups -OCH3 is 1. The number of allylic oxidation sites excluding steroid dienone is 2. The maximum absolute atomic E-state index is 9.04. The first-order valence-electron chi connectivity index (χ1n) is 8.97. The van der Waals surface area contributed by atoms with Gasteiger partial charge in [0.1, 0.15) is 5.75 Å². The van der Waals surface area contributed by atoms with E-state index in [4.69, 9.17) is 15.6 Å². The lowest BCUT2D eigenvalue weighted by atomic mass is 9.88. The van der Waals surface area contributed by atoms with Gasteiger partial charge in [-0.15, -0.1) is 5.73 Å². The van der Waals surface area contributed by atoms with Gasteiger partial charge in [0.25, 0.3) is 0 Å². The highest BCUT2D eigenvalue weighted by Crippen LogP contribution is 2.36. The summed E-state index contributed by atoms with van der Waals surface area (Å²) in [5.41, 5.74) is 12.1. The Morgan fingerprint density at radius 3 is 2.46 bits per heavy atom. The zero-order chi connectivity index (χ0) is 19.5. The number of ether oxygens (including phenoxy) is 1. The topological polar surface area (TPSA) is 70.8 Å². The first kappa shape index (κ1) is 21.8. The number of aliphatic hydroxyl groups is 1. The lowest BCUT2D eigenvalue weighted by Gasteiger charge is -2.32. The minimum Gasteiger partial charge on any atom is -0.496 e. The summed E-state index contributed by atoms with van der Waals surface area (Å²) in [6.07, 6.45) is 2.20. The Morgan fingerprint density at radius 1 is 1.35 bits per heavy atom. The van der Waals surface area contributed by atoms with E-state index < -0.39 is 0 Å². The summed E-state index contributed by atoms with van der Waals surface area (Å²) in [5.74, 6) is 1.44. The number of nitrogens with zero attached hydrogens (tertiary/aromatic N) is 1. The fraction of sp³-hybridized carbons (Fsp3) is 0.476. The van der Waals surface area contributed by atoms with Gasteiger partial charge in [-0.3, -0.25) is 0 Å². The van der Waals surface area contributed by atoms with Gasteiger partial charge in [-0.25, -0.2) is 0 Å². The molecule has 1 aliphatic rings. The quantitative estimate of drug-likeness (QED) is 0.679. The van der Waals surface area contributed by atoms with E-state index in [-0.39, 0.29) is 6.61 Å². The van der Waals surface area contributed by atoms with E-state index >= 15 is 0 Å². The van der Waals surface area contributed by atoms with Crippen LogP contribution in [0.1, 0.15) is 38.2 Å². The molecular weight excluding hydrogens is 326 g/mol. The summed E-state index contributed by atoms with van der Waals surface area (Å²) in [5, 5.41) is 12.4. The molecule has 0 bridgehead atoms. The van der Waals surface area contributed by atoms with Gasteiger partial charge in [-0.2, -0.15) is 0 Å². The third kappa shape index (κ3) is 6.60. The zero-order valence-electron chi connectivity index (χ0n) is 16.3. The molecular formula is C21H33N3O2. The Balaban J connectivity index is 0.00000105. The summed E-state index contributed by atoms with van der Waals surface area (Å²) in [6.45, 7) is 13.2. The molecule has 0 amide bonds. The van der Waals surface area contributed by atoms with Crippen LogP contribution in [0, 0.1) is 0 Å². The number of aliphatic hydroxyl groups excluding tert-OH is 1. The zero-order valence-corrected chi connectivity index (χ0v) is 16.3. The van der Waals surface area contributed by atoms with Crippen molar-refractivity contribution in [3.8, 4) is 5.75 Å². The van der Waals surface area contributed by atoms with Crippen LogP contribution in [0.4, 0.5) is 5.69 Å². The minimum atomic E-state index is 0.238. The largest absolute Gasteiger partial charge is 0.496 e. The number of hydrogen-bond acceptors (Lipinski definition) is 5. The standard InChI is InChI=1S/C18H29N3O2.C3H4/c1-13(19)14(2)20-16-4-5-17(18(12-16)23-3)15-6-8-21(9-7-15)10-11-22;1-3-2/h4-5,12,15,20,22H,6-11,19H2,1-3H3;1-2H2/b14-13-;. The van der Waals surface area contributed by atoms with Crippen molar-refractivity contribution in [2.75, 3.05) is 38.7 Å². The van der Waals surface area contributed by atoms with Crippen LogP contribution in [-0.2, 0) is 0 Å². The molecule has 0 spiro atoms. The molecule has 0 aliphatic carbocycles. The molecule has 0 unspecified atom stereocenters. The Bertz CT molecular complexity index is 622.